The molecule has 132 valence electrons. The largest absolute Gasteiger partial charge is 0.497 e. The monoisotopic (exact) mass is 342 g/mol. The number of hydrogen-bond acceptors (Lipinski definition) is 5. The number of nitrogens with zero attached hydrogens (tertiary/aromatic N) is 1. The van der Waals surface area contributed by atoms with Crippen molar-refractivity contribution < 1.29 is 19.0 Å². The number of methoxy groups -OCH3 is 2. The van der Waals surface area contributed by atoms with Crippen LogP contribution in [0.5, 0.6) is 17.2 Å². The van der Waals surface area contributed by atoms with Gasteiger partial charge >= 0.3 is 0 Å². The second-order valence-corrected chi connectivity index (χ2v) is 5.35. The molecule has 0 aliphatic heterocycles. The first-order chi connectivity index (χ1) is 12.1. The minimum atomic E-state index is -0.333. The molecule has 6 heteroatoms. The predicted molar refractivity (Wildman–Crippen MR) is 96.4 cm³/mol. The molecular formula is C19H22N2O4. The van der Waals surface area contributed by atoms with E-state index in [1.807, 2.05) is 43.3 Å². The zero-order valence-corrected chi connectivity index (χ0v) is 14.6. The Morgan fingerprint density at radius 3 is 2.32 bits per heavy atom. The fourth-order valence-electron chi connectivity index (χ4n) is 2.15. The Labute approximate surface area is 147 Å². The maximum atomic E-state index is 11.9. The summed E-state index contributed by atoms with van der Waals surface area (Å²) in [4.78, 5) is 11.9. The second kappa shape index (κ2) is 9.32. The average molecular weight is 342 g/mol. The lowest BCUT2D eigenvalue weighted by Crippen LogP contribution is -2.25. The molecule has 0 aliphatic carbocycles. The van der Waals surface area contributed by atoms with E-state index in [1.54, 1.807) is 26.4 Å². The number of carbonyl (C=O) groups is 1. The van der Waals surface area contributed by atoms with E-state index in [0.29, 0.717) is 17.9 Å². The zero-order valence-electron chi connectivity index (χ0n) is 14.6. The normalized spacial score (nSPS) is 10.9. The van der Waals surface area contributed by atoms with Gasteiger partial charge in [-0.1, -0.05) is 24.3 Å². The minimum Gasteiger partial charge on any atom is -0.497 e. The van der Waals surface area contributed by atoms with E-state index < -0.39 is 0 Å². The third kappa shape index (κ3) is 5.84. The van der Waals surface area contributed by atoms with Crippen molar-refractivity contribution in [2.24, 2.45) is 5.10 Å². The van der Waals surface area contributed by atoms with Crippen molar-refractivity contribution in [3.05, 3.63) is 54.1 Å². The number of carbonyl (C=O) groups excluding carboxylic acids is 1. The molecule has 0 radical (unpaired) electrons. The maximum absolute atomic E-state index is 11.9. The van der Waals surface area contributed by atoms with Gasteiger partial charge in [-0.25, -0.2) is 5.43 Å². The lowest BCUT2D eigenvalue weighted by atomic mass is 10.1. The Hall–Kier alpha value is -3.02. The molecule has 0 fully saturated rings. The number of rotatable bonds is 8. The highest BCUT2D eigenvalue weighted by atomic mass is 16.5. The topological polar surface area (TPSA) is 69.2 Å². The number of nitrogens with one attached hydrogen (secondary N) is 1. The molecular weight excluding hydrogens is 320 g/mol. The Morgan fingerprint density at radius 1 is 1.00 bits per heavy atom. The molecule has 1 amide bonds. The molecule has 6 nitrogen and oxygen atoms in total. The SMILES string of the molecule is COc1ccc(C/C(C)=N\NC(=O)COc2ccccc2OC)cc1. The molecule has 25 heavy (non-hydrogen) atoms. The molecule has 2 rings (SSSR count). The number of para-hydroxylation sites is 2. The zero-order chi connectivity index (χ0) is 18.1. The minimum absolute atomic E-state index is 0.139. The van der Waals surface area contributed by atoms with E-state index in [2.05, 4.69) is 10.5 Å². The van der Waals surface area contributed by atoms with Crippen molar-refractivity contribution >= 4 is 11.6 Å². The van der Waals surface area contributed by atoms with Crippen LogP contribution in [0.2, 0.25) is 0 Å². The average Bonchev–Trinajstić information content (AvgIpc) is 2.65. The van der Waals surface area contributed by atoms with E-state index in [0.717, 1.165) is 17.0 Å². The first-order valence-electron chi connectivity index (χ1n) is 7.83. The summed E-state index contributed by atoms with van der Waals surface area (Å²) in [6, 6.07) is 14.9. The van der Waals surface area contributed by atoms with Crippen LogP contribution in [0.4, 0.5) is 0 Å². The van der Waals surface area contributed by atoms with Crippen LogP contribution < -0.4 is 19.6 Å². The van der Waals surface area contributed by atoms with E-state index in [-0.39, 0.29) is 12.5 Å². The first kappa shape index (κ1) is 18.3. The molecule has 0 aliphatic rings. The second-order valence-electron chi connectivity index (χ2n) is 5.35. The maximum Gasteiger partial charge on any atom is 0.277 e. The lowest BCUT2D eigenvalue weighted by molar-refractivity contribution is -0.123. The summed E-state index contributed by atoms with van der Waals surface area (Å²) in [5.74, 6) is 1.56. The van der Waals surface area contributed by atoms with Gasteiger partial charge in [0, 0.05) is 12.1 Å². The van der Waals surface area contributed by atoms with E-state index >= 15 is 0 Å². The number of ether oxygens (including phenoxy) is 3. The van der Waals surface area contributed by atoms with Crippen molar-refractivity contribution in [3.8, 4) is 17.2 Å². The number of benzene rings is 2. The fourth-order valence-corrected chi connectivity index (χ4v) is 2.15. The highest BCUT2D eigenvalue weighted by molar-refractivity contribution is 5.86. The molecule has 0 saturated carbocycles. The molecule has 0 unspecified atom stereocenters. The van der Waals surface area contributed by atoms with Crippen LogP contribution in [0.3, 0.4) is 0 Å². The Bertz CT molecular complexity index is 726. The third-order valence-corrected chi connectivity index (χ3v) is 3.42. The highest BCUT2D eigenvalue weighted by Crippen LogP contribution is 2.25. The molecule has 0 saturated heterocycles. The summed E-state index contributed by atoms with van der Waals surface area (Å²) >= 11 is 0. The summed E-state index contributed by atoms with van der Waals surface area (Å²) < 4.78 is 15.7. The van der Waals surface area contributed by atoms with E-state index in [1.165, 1.54) is 0 Å². The van der Waals surface area contributed by atoms with Gasteiger partial charge in [-0.15, -0.1) is 0 Å². The summed E-state index contributed by atoms with van der Waals surface area (Å²) in [6.07, 6.45) is 0.637. The van der Waals surface area contributed by atoms with Crippen molar-refractivity contribution in [2.45, 2.75) is 13.3 Å². The van der Waals surface area contributed by atoms with Crippen LogP contribution in [-0.4, -0.2) is 32.4 Å². The molecule has 0 heterocycles. The third-order valence-electron chi connectivity index (χ3n) is 3.42. The summed E-state index contributed by atoms with van der Waals surface area (Å²) in [5, 5.41) is 4.09. The summed E-state index contributed by atoms with van der Waals surface area (Å²) in [7, 11) is 3.18. The van der Waals surface area contributed by atoms with Gasteiger partial charge in [-0.2, -0.15) is 5.10 Å². The Kier molecular flexibility index (Phi) is 6.83. The standard InChI is InChI=1S/C19H22N2O4/c1-14(12-15-8-10-16(23-2)11-9-15)20-21-19(22)13-25-18-7-5-4-6-17(18)24-3/h4-11H,12-13H2,1-3H3,(H,21,22)/b20-14-. The number of hydrazone groups is 1. The molecule has 1 N–H and O–H groups in total. The van der Waals surface area contributed by atoms with Crippen LogP contribution >= 0.6 is 0 Å². The van der Waals surface area contributed by atoms with Crippen molar-refractivity contribution in [1.29, 1.82) is 0 Å². The van der Waals surface area contributed by atoms with Crippen LogP contribution in [0.1, 0.15) is 12.5 Å². The van der Waals surface area contributed by atoms with Gasteiger partial charge in [0.25, 0.3) is 5.91 Å². The predicted octanol–water partition coefficient (Wildman–Crippen LogP) is 2.82. The van der Waals surface area contributed by atoms with Gasteiger partial charge in [-0.05, 0) is 36.8 Å². The van der Waals surface area contributed by atoms with Crippen LogP contribution in [0, 0.1) is 0 Å². The van der Waals surface area contributed by atoms with Crippen LogP contribution in [0.25, 0.3) is 0 Å². The van der Waals surface area contributed by atoms with Gasteiger partial charge in [0.15, 0.2) is 18.1 Å². The van der Waals surface area contributed by atoms with Gasteiger partial charge in [-0.3, -0.25) is 4.79 Å². The van der Waals surface area contributed by atoms with Gasteiger partial charge in [0.2, 0.25) is 0 Å². The Balaban J connectivity index is 1.82. The van der Waals surface area contributed by atoms with Crippen molar-refractivity contribution in [3.63, 3.8) is 0 Å². The van der Waals surface area contributed by atoms with Crippen LogP contribution in [-0.2, 0) is 11.2 Å². The quantitative estimate of drug-likeness (QED) is 0.592. The van der Waals surface area contributed by atoms with Gasteiger partial charge in [0.05, 0.1) is 14.2 Å². The number of amides is 1. The van der Waals surface area contributed by atoms with Gasteiger partial charge < -0.3 is 14.2 Å². The summed E-state index contributed by atoms with van der Waals surface area (Å²) in [6.45, 7) is 1.71. The lowest BCUT2D eigenvalue weighted by Gasteiger charge is -2.09. The van der Waals surface area contributed by atoms with Crippen molar-refractivity contribution in [1.82, 2.24) is 5.43 Å². The molecule has 0 aromatic heterocycles. The fraction of sp³-hybridized carbons (Fsp3) is 0.263. The number of hydrogen-bond donors (Lipinski definition) is 1. The highest BCUT2D eigenvalue weighted by Gasteiger charge is 2.06. The summed E-state index contributed by atoms with van der Waals surface area (Å²) in [5.41, 5.74) is 4.36. The van der Waals surface area contributed by atoms with Crippen molar-refractivity contribution in [2.75, 3.05) is 20.8 Å². The van der Waals surface area contributed by atoms with Gasteiger partial charge in [0.1, 0.15) is 5.75 Å². The molecule has 2 aromatic carbocycles. The first-order valence-corrected chi connectivity index (χ1v) is 7.83. The Morgan fingerprint density at radius 2 is 1.68 bits per heavy atom. The smallest absolute Gasteiger partial charge is 0.277 e. The molecule has 0 bridgehead atoms. The van der Waals surface area contributed by atoms with Crippen LogP contribution in [0.15, 0.2) is 53.6 Å². The van der Waals surface area contributed by atoms with E-state index in [9.17, 15) is 4.79 Å². The molecule has 2 aromatic rings. The molecule has 0 spiro atoms. The van der Waals surface area contributed by atoms with E-state index in [4.69, 9.17) is 14.2 Å². The molecule has 0 atom stereocenters.